The van der Waals surface area contributed by atoms with Gasteiger partial charge in [0.15, 0.2) is 5.58 Å². The molecule has 0 saturated heterocycles. The number of carbonyl (C=O) groups is 1. The molecule has 0 aliphatic heterocycles. The van der Waals surface area contributed by atoms with Crippen LogP contribution in [0.4, 0.5) is 0 Å². The number of rotatable bonds is 4. The van der Waals surface area contributed by atoms with Crippen LogP contribution in [-0.4, -0.2) is 11.1 Å². The quantitative estimate of drug-likeness (QED) is 0.794. The summed E-state index contributed by atoms with van der Waals surface area (Å²) in [6, 6.07) is 14.8. The molecular weight excluding hydrogens is 300 g/mol. The summed E-state index contributed by atoms with van der Waals surface area (Å²) in [5.41, 5.74) is 2.34. The van der Waals surface area contributed by atoms with Crippen molar-refractivity contribution in [2.75, 3.05) is 0 Å². The van der Waals surface area contributed by atoms with Crippen LogP contribution < -0.4 is 5.32 Å². The molecule has 2 aromatic carbocycles. The summed E-state index contributed by atoms with van der Waals surface area (Å²) in [5.74, 6) is -0.0958. The Balaban J connectivity index is 1.68. The summed E-state index contributed by atoms with van der Waals surface area (Å²) < 4.78 is 5.21. The number of benzene rings is 2. The highest BCUT2D eigenvalue weighted by atomic mass is 35.5. The second-order valence-corrected chi connectivity index (χ2v) is 5.58. The zero-order chi connectivity index (χ0) is 15.5. The predicted molar refractivity (Wildman–Crippen MR) is 85.7 cm³/mol. The molecule has 1 amide bonds. The van der Waals surface area contributed by atoms with E-state index in [-0.39, 0.29) is 18.4 Å². The average molecular weight is 315 g/mol. The maximum atomic E-state index is 12.2. The Morgan fingerprint density at radius 2 is 1.95 bits per heavy atom. The monoisotopic (exact) mass is 314 g/mol. The summed E-state index contributed by atoms with van der Waals surface area (Å²) >= 11 is 5.87. The molecule has 1 N–H and O–H groups in total. The van der Waals surface area contributed by atoms with Crippen LogP contribution in [0.5, 0.6) is 0 Å². The molecule has 3 aromatic rings. The van der Waals surface area contributed by atoms with E-state index in [9.17, 15) is 4.79 Å². The molecule has 3 rings (SSSR count). The second-order valence-electron chi connectivity index (χ2n) is 5.14. The van der Waals surface area contributed by atoms with Gasteiger partial charge < -0.3 is 9.84 Å². The topological polar surface area (TPSA) is 55.1 Å². The van der Waals surface area contributed by atoms with Crippen LogP contribution >= 0.6 is 11.6 Å². The molecular formula is C17H15ClN2O2. The van der Waals surface area contributed by atoms with Crippen LogP contribution in [0, 0.1) is 0 Å². The first kappa shape index (κ1) is 14.6. The summed E-state index contributed by atoms with van der Waals surface area (Å²) in [5, 5.41) is 8.48. The Labute approximate surface area is 133 Å². The number of carbonyl (C=O) groups excluding carboxylic acids is 1. The summed E-state index contributed by atoms with van der Waals surface area (Å²) in [4.78, 5) is 12.2. The van der Waals surface area contributed by atoms with Crippen molar-refractivity contribution >= 4 is 28.5 Å². The predicted octanol–water partition coefficient (Wildman–Crippen LogP) is 3.90. The summed E-state index contributed by atoms with van der Waals surface area (Å²) in [6.45, 7) is 1.93. The van der Waals surface area contributed by atoms with E-state index in [0.717, 1.165) is 10.9 Å². The Kier molecular flexibility index (Phi) is 4.11. The van der Waals surface area contributed by atoms with Crippen molar-refractivity contribution in [1.29, 1.82) is 0 Å². The molecule has 1 aromatic heterocycles. The Morgan fingerprint density at radius 3 is 2.73 bits per heavy atom. The molecule has 0 bridgehead atoms. The lowest BCUT2D eigenvalue weighted by Crippen LogP contribution is -2.28. The van der Waals surface area contributed by atoms with Gasteiger partial charge in [-0.05, 0) is 36.8 Å². The number of hydrogen-bond acceptors (Lipinski definition) is 3. The zero-order valence-electron chi connectivity index (χ0n) is 12.0. The highest BCUT2D eigenvalue weighted by Gasteiger charge is 2.14. The van der Waals surface area contributed by atoms with E-state index in [4.69, 9.17) is 16.1 Å². The SMILES string of the molecule is CC(NC(=O)Cc1noc2ccccc12)c1ccc(Cl)cc1. The number of nitrogens with one attached hydrogen (secondary N) is 1. The molecule has 0 fully saturated rings. The van der Waals surface area contributed by atoms with Gasteiger partial charge >= 0.3 is 0 Å². The molecule has 1 atom stereocenters. The van der Waals surface area contributed by atoms with Crippen molar-refractivity contribution in [2.45, 2.75) is 19.4 Å². The van der Waals surface area contributed by atoms with Crippen molar-refractivity contribution in [2.24, 2.45) is 0 Å². The minimum atomic E-state index is -0.0958. The summed E-state index contributed by atoms with van der Waals surface area (Å²) in [7, 11) is 0. The minimum Gasteiger partial charge on any atom is -0.356 e. The minimum absolute atomic E-state index is 0.0945. The van der Waals surface area contributed by atoms with Crippen LogP contribution in [0.2, 0.25) is 5.02 Å². The number of hydrogen-bond donors (Lipinski definition) is 1. The van der Waals surface area contributed by atoms with Gasteiger partial charge in [-0.15, -0.1) is 0 Å². The third-order valence-corrected chi connectivity index (χ3v) is 3.78. The van der Waals surface area contributed by atoms with E-state index < -0.39 is 0 Å². The fourth-order valence-corrected chi connectivity index (χ4v) is 2.47. The van der Waals surface area contributed by atoms with Crippen molar-refractivity contribution < 1.29 is 9.32 Å². The van der Waals surface area contributed by atoms with Crippen LogP contribution in [-0.2, 0) is 11.2 Å². The maximum Gasteiger partial charge on any atom is 0.226 e. The molecule has 0 spiro atoms. The molecule has 0 aliphatic carbocycles. The standard InChI is InChI=1S/C17H15ClN2O2/c1-11(12-6-8-13(18)9-7-12)19-17(21)10-15-14-4-2-3-5-16(14)22-20-15/h2-9,11H,10H2,1H3,(H,19,21). The highest BCUT2D eigenvalue weighted by Crippen LogP contribution is 2.19. The molecule has 0 aliphatic rings. The van der Waals surface area contributed by atoms with Crippen LogP contribution in [0.3, 0.4) is 0 Å². The third-order valence-electron chi connectivity index (χ3n) is 3.53. The van der Waals surface area contributed by atoms with Gasteiger partial charge in [-0.3, -0.25) is 4.79 Å². The molecule has 112 valence electrons. The van der Waals surface area contributed by atoms with Crippen molar-refractivity contribution in [3.8, 4) is 0 Å². The van der Waals surface area contributed by atoms with Gasteiger partial charge in [-0.2, -0.15) is 0 Å². The van der Waals surface area contributed by atoms with E-state index in [1.165, 1.54) is 0 Å². The number of nitrogens with zero attached hydrogens (tertiary/aromatic N) is 1. The van der Waals surface area contributed by atoms with Crippen LogP contribution in [0.15, 0.2) is 53.1 Å². The lowest BCUT2D eigenvalue weighted by atomic mass is 10.1. The van der Waals surface area contributed by atoms with Gasteiger partial charge in [0, 0.05) is 10.4 Å². The Bertz CT molecular complexity index is 796. The fraction of sp³-hybridized carbons (Fsp3) is 0.176. The number of para-hydroxylation sites is 1. The first-order valence-electron chi connectivity index (χ1n) is 7.01. The van der Waals surface area contributed by atoms with Crippen LogP contribution in [0.25, 0.3) is 11.0 Å². The van der Waals surface area contributed by atoms with Gasteiger partial charge in [0.25, 0.3) is 0 Å². The Morgan fingerprint density at radius 1 is 1.23 bits per heavy atom. The van der Waals surface area contributed by atoms with E-state index >= 15 is 0 Å². The van der Waals surface area contributed by atoms with E-state index in [0.29, 0.717) is 16.3 Å². The smallest absolute Gasteiger partial charge is 0.226 e. The largest absolute Gasteiger partial charge is 0.356 e. The second kappa shape index (κ2) is 6.20. The van der Waals surface area contributed by atoms with Gasteiger partial charge in [0.05, 0.1) is 12.5 Å². The Hall–Kier alpha value is -2.33. The molecule has 4 nitrogen and oxygen atoms in total. The van der Waals surface area contributed by atoms with Gasteiger partial charge in [0.2, 0.25) is 5.91 Å². The van der Waals surface area contributed by atoms with E-state index in [1.807, 2.05) is 55.5 Å². The van der Waals surface area contributed by atoms with E-state index in [1.54, 1.807) is 0 Å². The molecule has 1 heterocycles. The van der Waals surface area contributed by atoms with Crippen molar-refractivity contribution in [3.05, 3.63) is 64.8 Å². The van der Waals surface area contributed by atoms with Gasteiger partial charge in [0.1, 0.15) is 5.69 Å². The molecule has 1 unspecified atom stereocenters. The lowest BCUT2D eigenvalue weighted by Gasteiger charge is -2.14. The number of fused-ring (bicyclic) bond motifs is 1. The van der Waals surface area contributed by atoms with Crippen molar-refractivity contribution in [3.63, 3.8) is 0 Å². The zero-order valence-corrected chi connectivity index (χ0v) is 12.8. The van der Waals surface area contributed by atoms with Gasteiger partial charge in [-0.1, -0.05) is 41.0 Å². The average Bonchev–Trinajstić information content (AvgIpc) is 2.91. The first-order valence-corrected chi connectivity index (χ1v) is 7.39. The normalized spacial score (nSPS) is 12.3. The molecule has 22 heavy (non-hydrogen) atoms. The fourth-order valence-electron chi connectivity index (χ4n) is 2.34. The number of aromatic nitrogens is 1. The van der Waals surface area contributed by atoms with Gasteiger partial charge in [-0.25, -0.2) is 0 Å². The van der Waals surface area contributed by atoms with E-state index in [2.05, 4.69) is 10.5 Å². The van der Waals surface area contributed by atoms with Crippen molar-refractivity contribution in [1.82, 2.24) is 10.5 Å². The van der Waals surface area contributed by atoms with Crippen LogP contribution in [0.1, 0.15) is 24.2 Å². The molecule has 0 radical (unpaired) electrons. The number of halogens is 1. The first-order chi connectivity index (χ1) is 10.6. The molecule has 5 heteroatoms. The number of amides is 1. The summed E-state index contributed by atoms with van der Waals surface area (Å²) in [6.07, 6.45) is 0.189. The lowest BCUT2D eigenvalue weighted by molar-refractivity contribution is -0.121. The third kappa shape index (κ3) is 3.12. The molecule has 0 saturated carbocycles. The highest BCUT2D eigenvalue weighted by molar-refractivity contribution is 6.30. The maximum absolute atomic E-state index is 12.2.